The van der Waals surface area contributed by atoms with Gasteiger partial charge in [-0.3, -0.25) is 9.59 Å². The second-order valence-electron chi connectivity index (χ2n) is 8.81. The zero-order valence-electron chi connectivity index (χ0n) is 19.5. The molecule has 2 aliphatic rings. The Morgan fingerprint density at radius 1 is 1.17 bits per heavy atom. The number of hydrogen-bond donors (Lipinski definition) is 1. The third-order valence-electron chi connectivity index (χ3n) is 6.17. The van der Waals surface area contributed by atoms with Crippen molar-refractivity contribution in [2.45, 2.75) is 44.8 Å². The molecule has 1 aliphatic heterocycles. The van der Waals surface area contributed by atoms with E-state index in [1.807, 2.05) is 6.92 Å². The zero-order valence-corrected chi connectivity index (χ0v) is 19.5. The lowest BCUT2D eigenvalue weighted by atomic mass is 10.1. The van der Waals surface area contributed by atoms with Crippen molar-refractivity contribution in [2.75, 3.05) is 6.61 Å². The molecule has 1 aromatic heterocycles. The molecule has 0 spiro atoms. The number of cyclic esters (lactones) is 1. The quantitative estimate of drug-likeness (QED) is 0.350. The molecular weight excluding hydrogens is 469 g/mol. The van der Waals surface area contributed by atoms with Crippen molar-refractivity contribution in [3.05, 3.63) is 65.3 Å². The van der Waals surface area contributed by atoms with Crippen molar-refractivity contribution in [3.8, 4) is 17.1 Å². The molecule has 2 aromatic carbocycles. The number of benzene rings is 2. The van der Waals surface area contributed by atoms with Gasteiger partial charge in [-0.15, -0.1) is 0 Å². The van der Waals surface area contributed by atoms with Crippen molar-refractivity contribution < 1.29 is 32.8 Å². The maximum atomic E-state index is 14.7. The number of nitrogens with zero attached hydrogens (tertiary/aromatic N) is 2. The van der Waals surface area contributed by atoms with Gasteiger partial charge in [0.25, 0.3) is 11.8 Å². The Hall–Kier alpha value is -4.08. The molecule has 5 rings (SSSR count). The van der Waals surface area contributed by atoms with Crippen molar-refractivity contribution in [1.29, 1.82) is 0 Å². The minimum Gasteiger partial charge on any atom is -0.481 e. The van der Waals surface area contributed by atoms with Crippen molar-refractivity contribution >= 4 is 17.7 Å². The molecular formula is C26H24FN3O6. The number of amides is 1. The van der Waals surface area contributed by atoms with Crippen molar-refractivity contribution in [1.82, 2.24) is 15.5 Å². The van der Waals surface area contributed by atoms with Crippen LogP contribution in [0.5, 0.6) is 5.75 Å². The van der Waals surface area contributed by atoms with Gasteiger partial charge in [0.15, 0.2) is 11.9 Å². The van der Waals surface area contributed by atoms with Gasteiger partial charge in [0.2, 0.25) is 5.82 Å². The van der Waals surface area contributed by atoms with Crippen LogP contribution in [0.15, 0.2) is 47.0 Å². The highest BCUT2D eigenvalue weighted by Gasteiger charge is 2.31. The maximum absolute atomic E-state index is 14.7. The monoisotopic (exact) mass is 493 g/mol. The Morgan fingerprint density at radius 2 is 1.94 bits per heavy atom. The van der Waals surface area contributed by atoms with Crippen LogP contribution in [0.3, 0.4) is 0 Å². The first-order chi connectivity index (χ1) is 17.4. The number of ether oxygens (including phenoxy) is 2. The minimum absolute atomic E-state index is 0.141. The average Bonchev–Trinajstić information content (AvgIpc) is 3.49. The van der Waals surface area contributed by atoms with Crippen LogP contribution in [0, 0.1) is 11.7 Å². The normalized spacial score (nSPS) is 17.9. The zero-order chi connectivity index (χ0) is 25.2. The van der Waals surface area contributed by atoms with E-state index in [1.165, 1.54) is 12.1 Å². The van der Waals surface area contributed by atoms with E-state index in [0.717, 1.165) is 18.9 Å². The van der Waals surface area contributed by atoms with Crippen LogP contribution in [0.25, 0.3) is 11.4 Å². The first kappa shape index (κ1) is 23.7. The Labute approximate surface area is 206 Å². The fraction of sp³-hybridized carbons (Fsp3) is 0.346. The van der Waals surface area contributed by atoms with Gasteiger partial charge in [0, 0.05) is 23.5 Å². The van der Waals surface area contributed by atoms with Gasteiger partial charge in [0.05, 0.1) is 12.2 Å². The highest BCUT2D eigenvalue weighted by atomic mass is 19.1. The average molecular weight is 493 g/mol. The molecule has 0 unspecified atom stereocenters. The van der Waals surface area contributed by atoms with E-state index in [9.17, 15) is 18.8 Å². The second kappa shape index (κ2) is 9.88. The van der Waals surface area contributed by atoms with Gasteiger partial charge in [-0.25, -0.2) is 9.18 Å². The van der Waals surface area contributed by atoms with Crippen molar-refractivity contribution in [3.63, 3.8) is 0 Å². The van der Waals surface area contributed by atoms with E-state index >= 15 is 0 Å². The molecule has 9 nitrogen and oxygen atoms in total. The lowest BCUT2D eigenvalue weighted by Crippen LogP contribution is -2.38. The van der Waals surface area contributed by atoms with Crippen LogP contribution >= 0.6 is 0 Å². The number of nitrogens with one attached hydrogen (secondary N) is 1. The van der Waals surface area contributed by atoms with Gasteiger partial charge >= 0.3 is 5.97 Å². The third kappa shape index (κ3) is 4.98. The van der Waals surface area contributed by atoms with Crippen LogP contribution in [0.1, 0.15) is 65.3 Å². The molecule has 10 heteroatoms. The molecule has 0 bridgehead atoms. The molecule has 1 N–H and O–H groups in total. The molecule has 3 aromatic rings. The van der Waals surface area contributed by atoms with Crippen molar-refractivity contribution in [2.24, 2.45) is 5.92 Å². The topological polar surface area (TPSA) is 121 Å². The lowest BCUT2D eigenvalue weighted by Gasteiger charge is -2.13. The second-order valence-corrected chi connectivity index (χ2v) is 8.81. The molecule has 0 radical (unpaired) electrons. The van der Waals surface area contributed by atoms with Gasteiger partial charge in [0.1, 0.15) is 17.6 Å². The number of esters is 1. The number of carbonyl (C=O) groups is 3. The highest BCUT2D eigenvalue weighted by Crippen LogP contribution is 2.33. The standard InChI is InChI=1S/C26H24FN3O6/c1-2-21(35-17-8-5-15(6-9-17)22(31)14-3-4-14)25-29-23(30-36-25)16-7-10-18(19(27)13-16)24(32)28-20-11-12-34-26(20)33/h5-10,13-14,20-21H,2-4,11-12H2,1H3,(H,28,32)/t20-,21+/m0/s1. The lowest BCUT2D eigenvalue weighted by molar-refractivity contribution is -0.139. The summed E-state index contributed by atoms with van der Waals surface area (Å²) >= 11 is 0. The molecule has 2 heterocycles. The number of rotatable bonds is 9. The molecule has 1 saturated heterocycles. The van der Waals surface area contributed by atoms with E-state index in [4.69, 9.17) is 14.0 Å². The Morgan fingerprint density at radius 3 is 2.58 bits per heavy atom. The Bertz CT molecular complexity index is 1300. The number of carbonyl (C=O) groups excluding carboxylic acids is 3. The van der Waals surface area contributed by atoms with E-state index in [-0.39, 0.29) is 35.6 Å². The number of hydrogen-bond acceptors (Lipinski definition) is 8. The summed E-state index contributed by atoms with van der Waals surface area (Å²) in [4.78, 5) is 40.5. The Balaban J connectivity index is 1.26. The van der Waals surface area contributed by atoms with Crippen LogP contribution in [0.4, 0.5) is 4.39 Å². The van der Waals surface area contributed by atoms with Crippen LogP contribution in [0.2, 0.25) is 0 Å². The predicted octanol–water partition coefficient (Wildman–Crippen LogP) is 4.04. The summed E-state index contributed by atoms with van der Waals surface area (Å²) in [5.74, 6) is -0.803. The molecule has 1 saturated carbocycles. The van der Waals surface area contributed by atoms with Crippen LogP contribution < -0.4 is 10.1 Å². The van der Waals surface area contributed by atoms with E-state index in [0.29, 0.717) is 29.7 Å². The van der Waals surface area contributed by atoms with E-state index in [2.05, 4.69) is 15.5 Å². The first-order valence-electron chi connectivity index (χ1n) is 11.8. The number of Topliss-reactive ketones (excluding diaryl/α,β-unsaturated/α-hetero) is 1. The SMILES string of the molecule is CC[C@@H](Oc1ccc(C(=O)C2CC2)cc1)c1nc(-c2ccc(C(=O)N[C@H]3CCOC3=O)c(F)c2)no1. The fourth-order valence-corrected chi connectivity index (χ4v) is 3.94. The van der Waals surface area contributed by atoms with Gasteiger partial charge < -0.3 is 19.3 Å². The Kier molecular flexibility index (Phi) is 6.49. The summed E-state index contributed by atoms with van der Waals surface area (Å²) in [6.45, 7) is 2.12. The molecule has 1 aliphatic carbocycles. The smallest absolute Gasteiger partial charge is 0.328 e. The van der Waals surface area contributed by atoms with Crippen LogP contribution in [-0.2, 0) is 9.53 Å². The van der Waals surface area contributed by atoms with Gasteiger partial charge in [-0.05, 0) is 55.7 Å². The van der Waals surface area contributed by atoms with E-state index in [1.54, 1.807) is 24.3 Å². The molecule has 186 valence electrons. The summed E-state index contributed by atoms with van der Waals surface area (Å²) in [6, 6.07) is 10.1. The summed E-state index contributed by atoms with van der Waals surface area (Å²) in [5, 5.41) is 6.40. The van der Waals surface area contributed by atoms with Gasteiger partial charge in [-0.2, -0.15) is 4.98 Å². The molecule has 36 heavy (non-hydrogen) atoms. The van der Waals surface area contributed by atoms with Gasteiger partial charge in [-0.1, -0.05) is 18.1 Å². The largest absolute Gasteiger partial charge is 0.481 e. The molecule has 2 atom stereocenters. The summed E-state index contributed by atoms with van der Waals surface area (Å²) < 4.78 is 30.9. The molecule has 1 amide bonds. The van der Waals surface area contributed by atoms with Crippen LogP contribution in [-0.4, -0.2) is 40.4 Å². The first-order valence-corrected chi connectivity index (χ1v) is 11.8. The third-order valence-corrected chi connectivity index (χ3v) is 6.17. The number of ketones is 1. The minimum atomic E-state index is -0.785. The predicted molar refractivity (Wildman–Crippen MR) is 124 cm³/mol. The summed E-state index contributed by atoms with van der Waals surface area (Å²) in [6.07, 6.45) is 2.23. The number of aromatic nitrogens is 2. The summed E-state index contributed by atoms with van der Waals surface area (Å²) in [7, 11) is 0. The maximum Gasteiger partial charge on any atom is 0.328 e. The summed E-state index contributed by atoms with van der Waals surface area (Å²) in [5.41, 5.74) is 0.776. The molecule has 2 fully saturated rings. The van der Waals surface area contributed by atoms with E-state index < -0.39 is 29.8 Å². The number of halogens is 1. The highest BCUT2D eigenvalue weighted by molar-refractivity contribution is 5.99. The fourth-order valence-electron chi connectivity index (χ4n) is 3.94.